The highest BCUT2D eigenvalue weighted by molar-refractivity contribution is 7.99. The number of aliphatic hydroxyl groups is 1. The standard InChI is InChI=1S/C17H19N3O4S2/c1-4-25-15-16-19(7-18(15)3)6-11(26-16)9-5-10-12(8(2)21)14(22)20(10)13(9)17(23)24/h6-8,10,12,21H,4-5H2,1-3H3/p+1/t8-,10-,12-/m1/s1. The Hall–Kier alpha value is -1.84. The number of carbonyl (C=O) groups excluding carboxylic acids is 1. The number of nitrogens with zero attached hydrogens (tertiary/aromatic N) is 3. The summed E-state index contributed by atoms with van der Waals surface area (Å²) < 4.78 is 4.07. The lowest BCUT2D eigenvalue weighted by Crippen LogP contribution is -2.61. The molecule has 0 radical (unpaired) electrons. The van der Waals surface area contributed by atoms with Gasteiger partial charge in [0.1, 0.15) is 11.9 Å². The molecule has 0 saturated carbocycles. The second kappa shape index (κ2) is 6.11. The first-order chi connectivity index (χ1) is 12.3. The number of hydrogen-bond donors (Lipinski definition) is 2. The third-order valence-corrected chi connectivity index (χ3v) is 7.35. The summed E-state index contributed by atoms with van der Waals surface area (Å²) in [6.07, 6.45) is 3.60. The van der Waals surface area contributed by atoms with Crippen molar-refractivity contribution in [2.24, 2.45) is 13.0 Å². The fraction of sp³-hybridized carbons (Fsp3) is 0.471. The minimum Gasteiger partial charge on any atom is -0.477 e. The monoisotopic (exact) mass is 394 g/mol. The van der Waals surface area contributed by atoms with E-state index in [2.05, 4.69) is 11.5 Å². The molecular weight excluding hydrogens is 374 g/mol. The summed E-state index contributed by atoms with van der Waals surface area (Å²) in [6, 6.07) is -0.259. The minimum absolute atomic E-state index is 0.0653. The van der Waals surface area contributed by atoms with Gasteiger partial charge in [-0.3, -0.25) is 4.79 Å². The number of carbonyl (C=O) groups is 2. The van der Waals surface area contributed by atoms with Crippen molar-refractivity contribution in [2.75, 3.05) is 5.75 Å². The molecule has 0 aromatic carbocycles. The summed E-state index contributed by atoms with van der Waals surface area (Å²) in [6.45, 7) is 3.68. The summed E-state index contributed by atoms with van der Waals surface area (Å²) >= 11 is 3.29. The van der Waals surface area contributed by atoms with E-state index in [1.54, 1.807) is 30.0 Å². The van der Waals surface area contributed by atoms with Crippen LogP contribution in [0.25, 0.3) is 10.4 Å². The number of aliphatic hydroxyl groups excluding tert-OH is 1. The zero-order valence-corrected chi connectivity index (χ0v) is 16.3. The number of thiazole rings is 1. The Kier molecular flexibility index (Phi) is 4.13. The maximum Gasteiger partial charge on any atom is 0.352 e. The minimum atomic E-state index is -1.09. The molecule has 0 aliphatic carbocycles. The van der Waals surface area contributed by atoms with E-state index in [1.807, 2.05) is 24.0 Å². The topological polar surface area (TPSA) is 86.1 Å². The molecule has 2 aromatic heterocycles. The lowest BCUT2D eigenvalue weighted by atomic mass is 9.83. The van der Waals surface area contributed by atoms with E-state index in [-0.39, 0.29) is 17.6 Å². The summed E-state index contributed by atoms with van der Waals surface area (Å²) in [5, 5.41) is 20.7. The van der Waals surface area contributed by atoms with Crippen molar-refractivity contribution < 1.29 is 24.4 Å². The Balaban J connectivity index is 1.79. The number of aromatic nitrogens is 2. The molecule has 2 aliphatic rings. The largest absolute Gasteiger partial charge is 0.477 e. The van der Waals surface area contributed by atoms with Crippen molar-refractivity contribution >= 4 is 45.4 Å². The number of carboxylic acids is 1. The van der Waals surface area contributed by atoms with Gasteiger partial charge in [-0.05, 0) is 19.1 Å². The van der Waals surface area contributed by atoms with Crippen LogP contribution in [-0.4, -0.2) is 49.3 Å². The number of aryl methyl sites for hydroxylation is 1. The normalized spacial score (nSPS) is 23.5. The van der Waals surface area contributed by atoms with Crippen molar-refractivity contribution in [1.82, 2.24) is 9.30 Å². The molecule has 1 fully saturated rings. The number of carboxylic acid groups (broad SMARTS) is 1. The zero-order valence-electron chi connectivity index (χ0n) is 14.7. The molecule has 2 aromatic rings. The quantitative estimate of drug-likeness (QED) is 0.454. The van der Waals surface area contributed by atoms with Gasteiger partial charge in [-0.2, -0.15) is 4.40 Å². The van der Waals surface area contributed by atoms with E-state index in [0.717, 1.165) is 20.5 Å². The highest BCUT2D eigenvalue weighted by Crippen LogP contribution is 2.48. The molecule has 9 heteroatoms. The van der Waals surface area contributed by atoms with E-state index in [0.29, 0.717) is 12.0 Å². The Morgan fingerprint density at radius 2 is 2.27 bits per heavy atom. The average molecular weight is 394 g/mol. The van der Waals surface area contributed by atoms with E-state index in [1.165, 1.54) is 4.90 Å². The van der Waals surface area contributed by atoms with Crippen molar-refractivity contribution in [1.29, 1.82) is 0 Å². The lowest BCUT2D eigenvalue weighted by Gasteiger charge is -2.44. The molecule has 1 saturated heterocycles. The Labute approximate surface area is 158 Å². The smallest absolute Gasteiger partial charge is 0.352 e. The van der Waals surface area contributed by atoms with Crippen LogP contribution in [0.1, 0.15) is 25.1 Å². The third kappa shape index (κ3) is 2.34. The van der Waals surface area contributed by atoms with E-state index < -0.39 is 18.0 Å². The highest BCUT2D eigenvalue weighted by Gasteiger charge is 2.57. The fourth-order valence-electron chi connectivity index (χ4n) is 3.93. The summed E-state index contributed by atoms with van der Waals surface area (Å²) in [5.41, 5.74) is 0.748. The Morgan fingerprint density at radius 1 is 1.54 bits per heavy atom. The van der Waals surface area contributed by atoms with Crippen molar-refractivity contribution in [3.05, 3.63) is 23.1 Å². The van der Waals surface area contributed by atoms with Gasteiger partial charge in [0.2, 0.25) is 22.1 Å². The molecule has 7 nitrogen and oxygen atoms in total. The SMILES string of the molecule is CCSc1c2sc(C3=C(C(=O)O)N4C(=O)[C@H]([C@@H](C)O)[C@H]4C3)cn2c[n+]1C. The van der Waals surface area contributed by atoms with Gasteiger partial charge in [-0.25, -0.2) is 9.36 Å². The Morgan fingerprint density at radius 3 is 2.88 bits per heavy atom. The van der Waals surface area contributed by atoms with Crippen LogP contribution in [0.15, 0.2) is 23.2 Å². The molecule has 138 valence electrons. The van der Waals surface area contributed by atoms with Crippen LogP contribution < -0.4 is 4.57 Å². The van der Waals surface area contributed by atoms with Gasteiger partial charge < -0.3 is 15.1 Å². The first-order valence-electron chi connectivity index (χ1n) is 8.46. The first-order valence-corrected chi connectivity index (χ1v) is 10.3. The Bertz CT molecular complexity index is 959. The average Bonchev–Trinajstić information content (AvgIpc) is 3.18. The predicted octanol–water partition coefficient (Wildman–Crippen LogP) is 1.34. The molecule has 3 atom stereocenters. The number of hydrogen-bond acceptors (Lipinski definition) is 5. The van der Waals surface area contributed by atoms with Gasteiger partial charge in [-0.15, -0.1) is 0 Å². The van der Waals surface area contributed by atoms with Crippen LogP contribution in [0.3, 0.4) is 0 Å². The van der Waals surface area contributed by atoms with Gasteiger partial charge in [0.25, 0.3) is 0 Å². The van der Waals surface area contributed by atoms with Gasteiger partial charge in [-0.1, -0.05) is 30.0 Å². The molecule has 0 unspecified atom stereocenters. The molecule has 4 heterocycles. The number of β-lactam (4-membered cyclic amide) rings is 1. The van der Waals surface area contributed by atoms with Crippen LogP contribution in [0, 0.1) is 5.92 Å². The van der Waals surface area contributed by atoms with Crippen LogP contribution in [-0.2, 0) is 16.6 Å². The predicted molar refractivity (Wildman–Crippen MR) is 97.8 cm³/mol. The number of aliphatic carboxylic acids is 1. The first kappa shape index (κ1) is 17.6. The maximum atomic E-state index is 12.3. The summed E-state index contributed by atoms with van der Waals surface area (Å²) in [4.78, 5) is 27.5. The highest BCUT2D eigenvalue weighted by atomic mass is 32.2. The van der Waals surface area contributed by atoms with E-state index in [9.17, 15) is 19.8 Å². The van der Waals surface area contributed by atoms with Gasteiger partial charge in [0, 0.05) is 5.57 Å². The number of thioether (sulfide) groups is 1. The third-order valence-electron chi connectivity index (χ3n) is 5.01. The van der Waals surface area contributed by atoms with E-state index in [4.69, 9.17) is 0 Å². The number of imidazole rings is 1. The second-order valence-electron chi connectivity index (χ2n) is 6.65. The molecular formula is C17H20N3O4S2+. The number of amides is 1. The number of fused-ring (bicyclic) bond motifs is 2. The van der Waals surface area contributed by atoms with Crippen molar-refractivity contribution in [2.45, 2.75) is 37.4 Å². The van der Waals surface area contributed by atoms with Gasteiger partial charge in [0.15, 0.2) is 0 Å². The van der Waals surface area contributed by atoms with Crippen molar-refractivity contribution in [3.8, 4) is 0 Å². The molecule has 4 rings (SSSR count). The van der Waals surface area contributed by atoms with Crippen molar-refractivity contribution in [3.63, 3.8) is 0 Å². The second-order valence-corrected chi connectivity index (χ2v) is 8.93. The molecule has 0 spiro atoms. The molecule has 1 amide bonds. The molecule has 0 bridgehead atoms. The van der Waals surface area contributed by atoms with Crippen LogP contribution in [0.4, 0.5) is 0 Å². The van der Waals surface area contributed by atoms with E-state index >= 15 is 0 Å². The molecule has 26 heavy (non-hydrogen) atoms. The van der Waals surface area contributed by atoms with Gasteiger partial charge >= 0.3 is 5.97 Å². The maximum absolute atomic E-state index is 12.3. The van der Waals surface area contributed by atoms with Gasteiger partial charge in [0.05, 0.1) is 30.0 Å². The van der Waals surface area contributed by atoms with Crippen LogP contribution in [0.2, 0.25) is 0 Å². The molecule has 2 aliphatic heterocycles. The summed E-state index contributed by atoms with van der Waals surface area (Å²) in [7, 11) is 1.99. The van der Waals surface area contributed by atoms with Crippen LogP contribution >= 0.6 is 23.1 Å². The number of rotatable bonds is 5. The summed E-state index contributed by atoms with van der Waals surface area (Å²) in [5.74, 6) is -0.956. The lowest BCUT2D eigenvalue weighted by molar-refractivity contribution is -0.705. The van der Waals surface area contributed by atoms with Crippen LogP contribution in [0.5, 0.6) is 0 Å². The molecule has 2 N–H and O–H groups in total. The zero-order chi connectivity index (χ0) is 18.7. The fourth-order valence-corrected chi connectivity index (χ4v) is 6.10.